The monoisotopic (exact) mass is 345 g/mol. The number of nitrogens with one attached hydrogen (secondary N) is 1. The van der Waals surface area contributed by atoms with Crippen molar-refractivity contribution in [2.45, 2.75) is 44.9 Å². The predicted molar refractivity (Wildman–Crippen MR) is 99.5 cm³/mol. The molecule has 1 aromatic rings. The van der Waals surface area contributed by atoms with Crippen molar-refractivity contribution in [2.75, 3.05) is 45.1 Å². The number of likely N-dealkylation sites (tertiary alicyclic amines) is 2. The van der Waals surface area contributed by atoms with Crippen LogP contribution < -0.4 is 5.32 Å². The smallest absolute Gasteiger partial charge is 0.223 e. The van der Waals surface area contributed by atoms with Crippen molar-refractivity contribution in [2.24, 2.45) is 5.92 Å². The first kappa shape index (κ1) is 18.1. The minimum Gasteiger partial charge on any atom is -0.372 e. The number of aromatic nitrogens is 2. The van der Waals surface area contributed by atoms with Gasteiger partial charge in [0.05, 0.1) is 5.69 Å². The summed E-state index contributed by atoms with van der Waals surface area (Å²) in [7, 11) is 1.88. The number of carbonyl (C=O) groups excluding carboxylic acids is 1. The molecule has 1 aromatic heterocycles. The van der Waals surface area contributed by atoms with Crippen LogP contribution in [0.25, 0.3) is 0 Å². The lowest BCUT2D eigenvalue weighted by molar-refractivity contribution is -0.133. The van der Waals surface area contributed by atoms with E-state index in [2.05, 4.69) is 25.1 Å². The van der Waals surface area contributed by atoms with Crippen LogP contribution >= 0.6 is 0 Å². The molecule has 6 nitrogen and oxygen atoms in total. The van der Waals surface area contributed by atoms with Crippen LogP contribution in [0.4, 0.5) is 5.82 Å². The Balaban J connectivity index is 1.49. The zero-order valence-corrected chi connectivity index (χ0v) is 15.4. The summed E-state index contributed by atoms with van der Waals surface area (Å²) >= 11 is 0. The first-order valence-electron chi connectivity index (χ1n) is 9.74. The van der Waals surface area contributed by atoms with E-state index < -0.39 is 0 Å². The van der Waals surface area contributed by atoms with Gasteiger partial charge >= 0.3 is 0 Å². The molecule has 2 fully saturated rings. The fourth-order valence-electron chi connectivity index (χ4n) is 4.05. The molecule has 1 N–H and O–H groups in total. The van der Waals surface area contributed by atoms with E-state index in [4.69, 9.17) is 0 Å². The van der Waals surface area contributed by atoms with Gasteiger partial charge in [0.2, 0.25) is 5.91 Å². The van der Waals surface area contributed by atoms with Gasteiger partial charge in [0.15, 0.2) is 0 Å². The maximum Gasteiger partial charge on any atom is 0.223 e. The van der Waals surface area contributed by atoms with Gasteiger partial charge in [-0.15, -0.1) is 0 Å². The van der Waals surface area contributed by atoms with Crippen LogP contribution in [0.5, 0.6) is 0 Å². The van der Waals surface area contributed by atoms with Crippen molar-refractivity contribution < 1.29 is 4.79 Å². The minimum absolute atomic E-state index is 0.322. The standard InChI is InChI=1S/C19H31N5O/c1-20-19-17(21-8-9-22-19)14-16-6-5-12-24(15-16)18(25)7-13-23-10-3-2-4-11-23/h8-9,16H,2-7,10-15H2,1H3,(H,20,22)/t16-/m1/s1. The number of amides is 1. The maximum absolute atomic E-state index is 12.6. The zero-order valence-electron chi connectivity index (χ0n) is 15.4. The normalized spacial score (nSPS) is 22.0. The summed E-state index contributed by atoms with van der Waals surface area (Å²) in [6, 6.07) is 0. The molecule has 2 saturated heterocycles. The van der Waals surface area contributed by atoms with Gasteiger partial charge in [-0.05, 0) is 51.1 Å². The van der Waals surface area contributed by atoms with Crippen LogP contribution in [0.2, 0.25) is 0 Å². The number of hydrogen-bond acceptors (Lipinski definition) is 5. The quantitative estimate of drug-likeness (QED) is 0.856. The highest BCUT2D eigenvalue weighted by Gasteiger charge is 2.25. The van der Waals surface area contributed by atoms with Crippen molar-refractivity contribution in [3.63, 3.8) is 0 Å². The molecule has 0 bridgehead atoms. The number of carbonyl (C=O) groups is 1. The van der Waals surface area contributed by atoms with Crippen molar-refractivity contribution >= 4 is 11.7 Å². The molecule has 2 aliphatic heterocycles. The summed E-state index contributed by atoms with van der Waals surface area (Å²) in [5.74, 6) is 1.66. The van der Waals surface area contributed by atoms with E-state index in [1.165, 1.54) is 19.3 Å². The van der Waals surface area contributed by atoms with Gasteiger partial charge in [0.1, 0.15) is 5.82 Å². The van der Waals surface area contributed by atoms with Crippen LogP contribution in [0.1, 0.15) is 44.2 Å². The molecular weight excluding hydrogens is 314 g/mol. The van der Waals surface area contributed by atoms with Gasteiger partial charge < -0.3 is 15.1 Å². The summed E-state index contributed by atoms with van der Waals surface area (Å²) in [4.78, 5) is 26.0. The zero-order chi connectivity index (χ0) is 17.5. The van der Waals surface area contributed by atoms with Crippen molar-refractivity contribution in [1.29, 1.82) is 0 Å². The highest BCUT2D eigenvalue weighted by molar-refractivity contribution is 5.76. The van der Waals surface area contributed by atoms with Crippen molar-refractivity contribution in [1.82, 2.24) is 19.8 Å². The summed E-state index contributed by atoms with van der Waals surface area (Å²) in [6.07, 6.45) is 11.2. The van der Waals surface area contributed by atoms with E-state index in [1.54, 1.807) is 12.4 Å². The lowest BCUT2D eigenvalue weighted by atomic mass is 9.93. The Bertz CT molecular complexity index is 559. The molecular formula is C19H31N5O. The van der Waals surface area contributed by atoms with Gasteiger partial charge in [0.25, 0.3) is 0 Å². The lowest BCUT2D eigenvalue weighted by Crippen LogP contribution is -2.42. The van der Waals surface area contributed by atoms with E-state index >= 15 is 0 Å². The summed E-state index contributed by atoms with van der Waals surface area (Å²) < 4.78 is 0. The molecule has 3 rings (SSSR count). The van der Waals surface area contributed by atoms with Crippen LogP contribution in [-0.2, 0) is 11.2 Å². The van der Waals surface area contributed by atoms with Crippen molar-refractivity contribution in [3.8, 4) is 0 Å². The fourth-order valence-corrected chi connectivity index (χ4v) is 4.05. The molecule has 0 saturated carbocycles. The molecule has 0 unspecified atom stereocenters. The summed E-state index contributed by atoms with van der Waals surface area (Å²) in [5, 5.41) is 3.12. The largest absolute Gasteiger partial charge is 0.372 e. The SMILES string of the molecule is CNc1nccnc1C[C@H]1CCCN(C(=O)CCN2CCCCC2)C1. The van der Waals surface area contributed by atoms with Gasteiger partial charge in [-0.2, -0.15) is 0 Å². The molecule has 25 heavy (non-hydrogen) atoms. The number of anilines is 1. The van der Waals surface area contributed by atoms with E-state index in [9.17, 15) is 4.79 Å². The molecule has 0 spiro atoms. The second kappa shape index (κ2) is 9.13. The second-order valence-corrected chi connectivity index (χ2v) is 7.31. The van der Waals surface area contributed by atoms with Crippen molar-refractivity contribution in [3.05, 3.63) is 18.1 Å². The summed E-state index contributed by atoms with van der Waals surface area (Å²) in [6.45, 7) is 5.02. The van der Waals surface area contributed by atoms with Gasteiger partial charge in [-0.1, -0.05) is 6.42 Å². The van der Waals surface area contributed by atoms with Gasteiger partial charge in [-0.3, -0.25) is 9.78 Å². The van der Waals surface area contributed by atoms with E-state index in [0.717, 1.165) is 63.5 Å². The Morgan fingerprint density at radius 1 is 1.16 bits per heavy atom. The van der Waals surface area contributed by atoms with E-state index in [0.29, 0.717) is 18.2 Å². The Morgan fingerprint density at radius 3 is 2.76 bits per heavy atom. The Labute approximate surface area is 151 Å². The molecule has 138 valence electrons. The first-order chi connectivity index (χ1) is 12.3. The number of rotatable bonds is 6. The Hall–Kier alpha value is -1.69. The van der Waals surface area contributed by atoms with E-state index in [1.807, 2.05) is 7.05 Å². The molecule has 0 aliphatic carbocycles. The molecule has 3 heterocycles. The van der Waals surface area contributed by atoms with Crippen LogP contribution in [0.3, 0.4) is 0 Å². The molecule has 0 aromatic carbocycles. The maximum atomic E-state index is 12.6. The first-order valence-corrected chi connectivity index (χ1v) is 9.74. The molecule has 0 radical (unpaired) electrons. The Kier molecular flexibility index (Phi) is 6.62. The molecule has 6 heteroatoms. The molecule has 1 amide bonds. The lowest BCUT2D eigenvalue weighted by Gasteiger charge is -2.34. The third-order valence-corrected chi connectivity index (χ3v) is 5.46. The number of piperidine rings is 2. The third kappa shape index (κ3) is 5.14. The van der Waals surface area contributed by atoms with Crippen LogP contribution in [0.15, 0.2) is 12.4 Å². The van der Waals surface area contributed by atoms with Gasteiger partial charge in [0, 0.05) is 45.5 Å². The minimum atomic E-state index is 0.322. The Morgan fingerprint density at radius 2 is 1.96 bits per heavy atom. The van der Waals surface area contributed by atoms with E-state index in [-0.39, 0.29) is 0 Å². The second-order valence-electron chi connectivity index (χ2n) is 7.31. The summed E-state index contributed by atoms with van der Waals surface area (Å²) in [5.41, 5.74) is 1.01. The van der Waals surface area contributed by atoms with Crippen LogP contribution in [-0.4, -0.2) is 65.4 Å². The van der Waals surface area contributed by atoms with Gasteiger partial charge in [-0.25, -0.2) is 4.98 Å². The molecule has 2 aliphatic rings. The average Bonchev–Trinajstić information content (AvgIpc) is 2.67. The highest BCUT2D eigenvalue weighted by Crippen LogP contribution is 2.23. The van der Waals surface area contributed by atoms with Crippen LogP contribution in [0, 0.1) is 5.92 Å². The number of hydrogen-bond donors (Lipinski definition) is 1. The third-order valence-electron chi connectivity index (χ3n) is 5.46. The number of nitrogens with zero attached hydrogens (tertiary/aromatic N) is 4. The fraction of sp³-hybridized carbons (Fsp3) is 0.737. The highest BCUT2D eigenvalue weighted by atomic mass is 16.2. The topological polar surface area (TPSA) is 61.4 Å². The average molecular weight is 345 g/mol. The predicted octanol–water partition coefficient (Wildman–Crippen LogP) is 2.18. The molecule has 1 atom stereocenters.